The van der Waals surface area contributed by atoms with Gasteiger partial charge in [0.2, 0.25) is 0 Å². The highest BCUT2D eigenvalue weighted by Crippen LogP contribution is 2.15. The molecule has 0 aliphatic rings. The van der Waals surface area contributed by atoms with Crippen molar-refractivity contribution in [2.45, 2.75) is 6.54 Å². The molecule has 0 aliphatic heterocycles. The van der Waals surface area contributed by atoms with Gasteiger partial charge in [0.1, 0.15) is 0 Å². The van der Waals surface area contributed by atoms with E-state index in [1.54, 1.807) is 13.2 Å². The fraction of sp³-hybridized carbons (Fsp3) is 0.273. The molecule has 1 aromatic heterocycles. The summed E-state index contributed by atoms with van der Waals surface area (Å²) in [6, 6.07) is 5.60. The molecule has 90 valence electrons. The first kappa shape index (κ1) is 12.7. The van der Waals surface area contributed by atoms with Gasteiger partial charge < -0.3 is 9.72 Å². The number of methoxy groups -OCH3 is 1. The van der Waals surface area contributed by atoms with Gasteiger partial charge in [0, 0.05) is 10.7 Å². The average Bonchev–Trinajstić information content (AvgIpc) is 2.31. The summed E-state index contributed by atoms with van der Waals surface area (Å²) in [6.45, 7) is 0.929. The van der Waals surface area contributed by atoms with E-state index < -0.39 is 0 Å². The van der Waals surface area contributed by atoms with E-state index in [9.17, 15) is 4.79 Å². The predicted octanol–water partition coefficient (Wildman–Crippen LogP) is 2.31. The van der Waals surface area contributed by atoms with Crippen LogP contribution in [-0.2, 0) is 11.3 Å². The van der Waals surface area contributed by atoms with Crippen LogP contribution >= 0.6 is 34.8 Å². The van der Waals surface area contributed by atoms with E-state index >= 15 is 0 Å². The summed E-state index contributed by atoms with van der Waals surface area (Å²) in [7, 11) is 1.60. The standard InChI is InChI=1S/C11H11IN2O2S/c1-16-6-5-14-10(15)7-3-2-4-8(12)9(7)13-11(14)17/h2-4H,5-6H2,1H3,(H,13,17). The fourth-order valence-corrected chi connectivity index (χ4v) is 2.54. The maximum Gasteiger partial charge on any atom is 0.262 e. The first-order chi connectivity index (χ1) is 8.15. The van der Waals surface area contributed by atoms with Crippen LogP contribution in [0, 0.1) is 8.34 Å². The van der Waals surface area contributed by atoms with Gasteiger partial charge in [-0.1, -0.05) is 6.07 Å². The van der Waals surface area contributed by atoms with E-state index in [4.69, 9.17) is 17.0 Å². The molecular weight excluding hydrogens is 351 g/mol. The van der Waals surface area contributed by atoms with E-state index in [1.165, 1.54) is 4.57 Å². The smallest absolute Gasteiger partial charge is 0.262 e. The van der Waals surface area contributed by atoms with Crippen LogP contribution in [-0.4, -0.2) is 23.3 Å². The lowest BCUT2D eigenvalue weighted by molar-refractivity contribution is 0.185. The average molecular weight is 362 g/mol. The molecule has 0 bridgehead atoms. The van der Waals surface area contributed by atoms with Crippen LogP contribution in [0.15, 0.2) is 23.0 Å². The van der Waals surface area contributed by atoms with E-state index in [0.29, 0.717) is 23.3 Å². The van der Waals surface area contributed by atoms with Gasteiger partial charge in [0.05, 0.1) is 24.1 Å². The fourth-order valence-electron chi connectivity index (χ4n) is 1.63. The van der Waals surface area contributed by atoms with Crippen LogP contribution in [0.1, 0.15) is 0 Å². The predicted molar refractivity (Wildman–Crippen MR) is 78.0 cm³/mol. The zero-order valence-corrected chi connectivity index (χ0v) is 12.2. The van der Waals surface area contributed by atoms with E-state index in [1.807, 2.05) is 12.1 Å². The molecule has 1 aromatic carbocycles. The molecule has 0 amide bonds. The zero-order valence-electron chi connectivity index (χ0n) is 9.20. The van der Waals surface area contributed by atoms with Crippen molar-refractivity contribution in [1.29, 1.82) is 0 Å². The third-order valence-corrected chi connectivity index (χ3v) is 3.71. The Labute approximate surface area is 117 Å². The molecule has 2 rings (SSSR count). The van der Waals surface area contributed by atoms with Crippen molar-refractivity contribution in [2.75, 3.05) is 13.7 Å². The topological polar surface area (TPSA) is 47.0 Å². The zero-order chi connectivity index (χ0) is 12.4. The maximum absolute atomic E-state index is 12.2. The van der Waals surface area contributed by atoms with Crippen LogP contribution in [0.4, 0.5) is 0 Å². The molecule has 0 fully saturated rings. The molecule has 0 atom stereocenters. The van der Waals surface area contributed by atoms with Gasteiger partial charge in [0.25, 0.3) is 5.56 Å². The second kappa shape index (κ2) is 5.28. The van der Waals surface area contributed by atoms with Crippen LogP contribution < -0.4 is 5.56 Å². The lowest BCUT2D eigenvalue weighted by atomic mass is 10.2. The summed E-state index contributed by atoms with van der Waals surface area (Å²) in [4.78, 5) is 15.3. The molecule has 0 saturated heterocycles. The number of fused-ring (bicyclic) bond motifs is 1. The molecule has 0 aliphatic carbocycles. The van der Waals surface area contributed by atoms with Crippen LogP contribution in [0.2, 0.25) is 0 Å². The summed E-state index contributed by atoms with van der Waals surface area (Å²) in [6.07, 6.45) is 0. The lowest BCUT2D eigenvalue weighted by Gasteiger charge is -2.08. The van der Waals surface area contributed by atoms with Gasteiger partial charge in [-0.3, -0.25) is 9.36 Å². The van der Waals surface area contributed by atoms with Crippen molar-refractivity contribution in [3.8, 4) is 0 Å². The number of benzene rings is 1. The second-order valence-corrected chi connectivity index (χ2v) is 5.09. The van der Waals surface area contributed by atoms with Crippen molar-refractivity contribution in [3.63, 3.8) is 0 Å². The molecule has 0 unspecified atom stereocenters. The Balaban J connectivity index is 2.73. The minimum absolute atomic E-state index is 0.0701. The number of aromatic amines is 1. The Morgan fingerprint density at radius 2 is 2.29 bits per heavy atom. The SMILES string of the molecule is COCCn1c(=S)[nH]c2c(I)cccc2c1=O. The Morgan fingerprint density at radius 1 is 1.53 bits per heavy atom. The molecule has 6 heteroatoms. The van der Waals surface area contributed by atoms with Crippen LogP contribution in [0.25, 0.3) is 10.9 Å². The number of hydrogen-bond donors (Lipinski definition) is 1. The van der Waals surface area contributed by atoms with Gasteiger partial charge in [-0.05, 0) is 46.9 Å². The van der Waals surface area contributed by atoms with Crippen LogP contribution in [0.5, 0.6) is 0 Å². The highest BCUT2D eigenvalue weighted by atomic mass is 127. The number of nitrogens with one attached hydrogen (secondary N) is 1. The van der Waals surface area contributed by atoms with E-state index in [-0.39, 0.29) is 5.56 Å². The maximum atomic E-state index is 12.2. The number of ether oxygens (including phenoxy) is 1. The molecule has 2 aromatic rings. The van der Waals surface area contributed by atoms with E-state index in [2.05, 4.69) is 27.6 Å². The number of nitrogens with zero attached hydrogens (tertiary/aromatic N) is 1. The number of aromatic nitrogens is 2. The number of para-hydroxylation sites is 1. The quantitative estimate of drug-likeness (QED) is 0.674. The summed E-state index contributed by atoms with van der Waals surface area (Å²) in [5, 5.41) is 0.654. The molecule has 17 heavy (non-hydrogen) atoms. The Hall–Kier alpha value is -0.730. The van der Waals surface area contributed by atoms with Crippen molar-refractivity contribution in [3.05, 3.63) is 36.9 Å². The first-order valence-corrected chi connectivity index (χ1v) is 6.54. The molecule has 1 heterocycles. The van der Waals surface area contributed by atoms with Crippen molar-refractivity contribution >= 4 is 45.7 Å². The van der Waals surface area contributed by atoms with Gasteiger partial charge in [-0.25, -0.2) is 0 Å². The number of rotatable bonds is 3. The Morgan fingerprint density at radius 3 is 3.00 bits per heavy atom. The molecule has 0 spiro atoms. The Bertz CT molecular complexity index is 663. The summed E-state index contributed by atoms with van der Waals surface area (Å²) < 4.78 is 7.92. The van der Waals surface area contributed by atoms with Crippen LogP contribution in [0.3, 0.4) is 0 Å². The first-order valence-electron chi connectivity index (χ1n) is 5.05. The molecule has 1 N–H and O–H groups in total. The minimum atomic E-state index is -0.0701. The van der Waals surface area contributed by atoms with Crippen molar-refractivity contribution < 1.29 is 4.74 Å². The summed E-state index contributed by atoms with van der Waals surface area (Å²) in [5.74, 6) is 0. The van der Waals surface area contributed by atoms with E-state index in [0.717, 1.165) is 9.09 Å². The molecular formula is C11H11IN2O2S. The molecule has 0 radical (unpaired) electrons. The third-order valence-electron chi connectivity index (χ3n) is 2.49. The van der Waals surface area contributed by atoms with Gasteiger partial charge in [-0.15, -0.1) is 0 Å². The number of hydrogen-bond acceptors (Lipinski definition) is 3. The normalized spacial score (nSPS) is 10.9. The molecule has 0 saturated carbocycles. The van der Waals surface area contributed by atoms with Gasteiger partial charge in [0.15, 0.2) is 4.77 Å². The number of H-pyrrole nitrogens is 1. The van der Waals surface area contributed by atoms with Crippen molar-refractivity contribution in [2.24, 2.45) is 0 Å². The number of halogens is 1. The highest BCUT2D eigenvalue weighted by molar-refractivity contribution is 14.1. The lowest BCUT2D eigenvalue weighted by Crippen LogP contribution is -2.24. The van der Waals surface area contributed by atoms with Gasteiger partial charge >= 0.3 is 0 Å². The molecule has 4 nitrogen and oxygen atoms in total. The monoisotopic (exact) mass is 362 g/mol. The summed E-state index contributed by atoms with van der Waals surface area (Å²) in [5.41, 5.74) is 0.732. The summed E-state index contributed by atoms with van der Waals surface area (Å²) >= 11 is 7.37. The highest BCUT2D eigenvalue weighted by Gasteiger charge is 2.07. The minimum Gasteiger partial charge on any atom is -0.383 e. The second-order valence-electron chi connectivity index (χ2n) is 3.54. The van der Waals surface area contributed by atoms with Gasteiger partial charge in [-0.2, -0.15) is 0 Å². The Kier molecular flexibility index (Phi) is 3.95. The third kappa shape index (κ3) is 2.43. The largest absolute Gasteiger partial charge is 0.383 e. The van der Waals surface area contributed by atoms with Crippen molar-refractivity contribution in [1.82, 2.24) is 9.55 Å².